The maximum Gasteiger partial charge on any atom is 0.224 e. The van der Waals surface area contributed by atoms with Crippen LogP contribution in [0.2, 0.25) is 0 Å². The van der Waals surface area contributed by atoms with E-state index in [1.807, 2.05) is 5.01 Å². The molecule has 0 N–H and O–H groups in total. The van der Waals surface area contributed by atoms with Crippen LogP contribution in [0.5, 0.6) is 0 Å². The number of carbonyl (C=O) groups is 1. The van der Waals surface area contributed by atoms with E-state index in [1.54, 1.807) is 0 Å². The minimum atomic E-state index is 0.754. The van der Waals surface area contributed by atoms with Gasteiger partial charge in [0.2, 0.25) is 6.41 Å². The number of hydrogen-bond acceptors (Lipinski definition) is 2. The molecule has 3 nitrogen and oxygen atoms in total. The lowest BCUT2D eigenvalue weighted by Crippen LogP contribution is -2.42. The molecule has 1 amide bonds. The van der Waals surface area contributed by atoms with Gasteiger partial charge in [-0.05, 0) is 31.6 Å². The standard InChI is InChI=1S/C12H22N2O/c15-11-14(13-8-4-5-9-13)10-12-6-2-1-3-7-12/h11-12H,1-10H2. The summed E-state index contributed by atoms with van der Waals surface area (Å²) in [6.07, 6.45) is 10.3. The molecular formula is C12H22N2O. The van der Waals surface area contributed by atoms with E-state index >= 15 is 0 Å². The van der Waals surface area contributed by atoms with E-state index in [1.165, 1.54) is 44.9 Å². The zero-order valence-corrected chi connectivity index (χ0v) is 9.53. The Morgan fingerprint density at radius 1 is 1.07 bits per heavy atom. The van der Waals surface area contributed by atoms with Crippen LogP contribution in [0.15, 0.2) is 0 Å². The second-order valence-corrected chi connectivity index (χ2v) is 4.89. The third-order valence-electron chi connectivity index (χ3n) is 3.74. The van der Waals surface area contributed by atoms with Gasteiger partial charge in [-0.15, -0.1) is 0 Å². The highest BCUT2D eigenvalue weighted by atomic mass is 16.1. The summed E-state index contributed by atoms with van der Waals surface area (Å²) in [6, 6.07) is 0. The van der Waals surface area contributed by atoms with Crippen LogP contribution >= 0.6 is 0 Å². The number of rotatable bonds is 4. The van der Waals surface area contributed by atoms with Gasteiger partial charge in [-0.3, -0.25) is 9.80 Å². The van der Waals surface area contributed by atoms with Crippen molar-refractivity contribution < 1.29 is 4.79 Å². The van der Waals surface area contributed by atoms with Crippen molar-refractivity contribution in [1.29, 1.82) is 0 Å². The lowest BCUT2D eigenvalue weighted by molar-refractivity contribution is -0.134. The molecule has 1 saturated carbocycles. The molecule has 1 aliphatic carbocycles. The van der Waals surface area contributed by atoms with Gasteiger partial charge in [-0.25, -0.2) is 5.01 Å². The normalized spacial score (nSPS) is 24.3. The maximum absolute atomic E-state index is 11.1. The molecule has 1 heterocycles. The van der Waals surface area contributed by atoms with Crippen LogP contribution in [0.1, 0.15) is 44.9 Å². The van der Waals surface area contributed by atoms with Crippen molar-refractivity contribution in [3.8, 4) is 0 Å². The molecule has 0 unspecified atom stereocenters. The zero-order chi connectivity index (χ0) is 10.5. The van der Waals surface area contributed by atoms with Crippen molar-refractivity contribution in [2.75, 3.05) is 19.6 Å². The summed E-state index contributed by atoms with van der Waals surface area (Å²) in [5.74, 6) is 0.754. The van der Waals surface area contributed by atoms with Crippen molar-refractivity contribution in [3.63, 3.8) is 0 Å². The molecule has 1 saturated heterocycles. The van der Waals surface area contributed by atoms with Crippen LogP contribution in [0, 0.1) is 5.92 Å². The van der Waals surface area contributed by atoms with E-state index in [0.717, 1.165) is 32.0 Å². The molecule has 0 spiro atoms. The molecule has 2 fully saturated rings. The van der Waals surface area contributed by atoms with Crippen LogP contribution in [-0.4, -0.2) is 36.1 Å². The zero-order valence-electron chi connectivity index (χ0n) is 9.53. The predicted molar refractivity (Wildman–Crippen MR) is 60.2 cm³/mol. The number of hydrazine groups is 1. The molecule has 0 aromatic heterocycles. The van der Waals surface area contributed by atoms with Crippen LogP contribution in [0.3, 0.4) is 0 Å². The van der Waals surface area contributed by atoms with Crippen molar-refractivity contribution in [2.45, 2.75) is 44.9 Å². The summed E-state index contributed by atoms with van der Waals surface area (Å²) < 4.78 is 0. The maximum atomic E-state index is 11.1. The van der Waals surface area contributed by atoms with Gasteiger partial charge in [0.15, 0.2) is 0 Å². The highest BCUT2D eigenvalue weighted by Crippen LogP contribution is 2.25. The predicted octanol–water partition coefficient (Wildman–Crippen LogP) is 2.04. The third kappa shape index (κ3) is 2.94. The third-order valence-corrected chi connectivity index (χ3v) is 3.74. The Hall–Kier alpha value is -0.570. The average molecular weight is 210 g/mol. The summed E-state index contributed by atoms with van der Waals surface area (Å²) in [4.78, 5) is 11.1. The fourth-order valence-electron chi connectivity index (χ4n) is 2.82. The molecule has 15 heavy (non-hydrogen) atoms. The summed E-state index contributed by atoms with van der Waals surface area (Å²) in [5.41, 5.74) is 0. The molecule has 0 radical (unpaired) electrons. The van der Waals surface area contributed by atoms with E-state index in [2.05, 4.69) is 5.01 Å². The monoisotopic (exact) mass is 210 g/mol. The summed E-state index contributed by atoms with van der Waals surface area (Å²) in [5, 5.41) is 4.16. The van der Waals surface area contributed by atoms with Crippen LogP contribution in [0.4, 0.5) is 0 Å². The van der Waals surface area contributed by atoms with Crippen molar-refractivity contribution in [3.05, 3.63) is 0 Å². The average Bonchev–Trinajstić information content (AvgIpc) is 2.81. The Labute approximate surface area is 92.4 Å². The quantitative estimate of drug-likeness (QED) is 0.663. The molecule has 0 atom stereocenters. The number of amides is 1. The first-order chi connectivity index (χ1) is 7.40. The molecule has 1 aliphatic heterocycles. The molecule has 3 heteroatoms. The first-order valence-corrected chi connectivity index (χ1v) is 6.37. The smallest absolute Gasteiger partial charge is 0.224 e. The van der Waals surface area contributed by atoms with Crippen molar-refractivity contribution in [2.24, 2.45) is 5.92 Å². The fraction of sp³-hybridized carbons (Fsp3) is 0.917. The minimum Gasteiger partial charge on any atom is -0.278 e. The highest BCUT2D eigenvalue weighted by molar-refractivity contribution is 5.46. The number of nitrogens with zero attached hydrogens (tertiary/aromatic N) is 2. The van der Waals surface area contributed by atoms with Gasteiger partial charge in [0, 0.05) is 19.6 Å². The lowest BCUT2D eigenvalue weighted by Gasteiger charge is -2.32. The van der Waals surface area contributed by atoms with Gasteiger partial charge in [-0.2, -0.15) is 0 Å². The largest absolute Gasteiger partial charge is 0.278 e. The molecule has 0 aromatic carbocycles. The van der Waals surface area contributed by atoms with Gasteiger partial charge in [0.05, 0.1) is 0 Å². The number of hydrogen-bond donors (Lipinski definition) is 0. The highest BCUT2D eigenvalue weighted by Gasteiger charge is 2.22. The van der Waals surface area contributed by atoms with Gasteiger partial charge in [0.1, 0.15) is 0 Å². The molecule has 2 rings (SSSR count). The summed E-state index contributed by atoms with van der Waals surface area (Å²) in [7, 11) is 0. The second kappa shape index (κ2) is 5.50. The van der Waals surface area contributed by atoms with E-state index in [0.29, 0.717) is 0 Å². The van der Waals surface area contributed by atoms with E-state index in [-0.39, 0.29) is 0 Å². The second-order valence-electron chi connectivity index (χ2n) is 4.89. The SMILES string of the molecule is O=CN(CC1CCCCC1)N1CCCC1. The Morgan fingerprint density at radius 3 is 2.33 bits per heavy atom. The Balaban J connectivity index is 1.80. The topological polar surface area (TPSA) is 23.6 Å². The van der Waals surface area contributed by atoms with E-state index in [9.17, 15) is 4.79 Å². The summed E-state index contributed by atoms with van der Waals surface area (Å²) in [6.45, 7) is 3.11. The first kappa shape index (κ1) is 10.9. The van der Waals surface area contributed by atoms with Gasteiger partial charge in [-0.1, -0.05) is 19.3 Å². The van der Waals surface area contributed by atoms with Gasteiger partial charge in [0.25, 0.3) is 0 Å². The summed E-state index contributed by atoms with van der Waals surface area (Å²) >= 11 is 0. The molecular weight excluding hydrogens is 188 g/mol. The van der Waals surface area contributed by atoms with Gasteiger partial charge < -0.3 is 0 Å². The van der Waals surface area contributed by atoms with Crippen LogP contribution in [-0.2, 0) is 4.79 Å². The van der Waals surface area contributed by atoms with Crippen molar-refractivity contribution >= 4 is 6.41 Å². The molecule has 0 bridgehead atoms. The lowest BCUT2D eigenvalue weighted by atomic mass is 9.89. The Morgan fingerprint density at radius 2 is 1.73 bits per heavy atom. The van der Waals surface area contributed by atoms with E-state index < -0.39 is 0 Å². The van der Waals surface area contributed by atoms with Crippen molar-refractivity contribution in [1.82, 2.24) is 10.0 Å². The van der Waals surface area contributed by atoms with Gasteiger partial charge >= 0.3 is 0 Å². The fourth-order valence-corrected chi connectivity index (χ4v) is 2.82. The van der Waals surface area contributed by atoms with Crippen LogP contribution < -0.4 is 0 Å². The minimum absolute atomic E-state index is 0.754. The molecule has 2 aliphatic rings. The molecule has 0 aromatic rings. The van der Waals surface area contributed by atoms with Crippen LogP contribution in [0.25, 0.3) is 0 Å². The number of carbonyl (C=O) groups excluding carboxylic acids is 1. The Kier molecular flexibility index (Phi) is 4.01. The first-order valence-electron chi connectivity index (χ1n) is 6.37. The van der Waals surface area contributed by atoms with E-state index in [4.69, 9.17) is 0 Å². The molecule has 86 valence electrons. The Bertz CT molecular complexity index is 196.